The van der Waals surface area contributed by atoms with Crippen LogP contribution in [0.3, 0.4) is 0 Å². The molecule has 0 saturated carbocycles. The maximum absolute atomic E-state index is 14.0. The third-order valence-corrected chi connectivity index (χ3v) is 3.16. The maximum Gasteiger partial charge on any atom is 0.130 e. The highest BCUT2D eigenvalue weighted by Crippen LogP contribution is 2.32. The van der Waals surface area contributed by atoms with Crippen molar-refractivity contribution in [3.8, 4) is 0 Å². The predicted molar refractivity (Wildman–Crippen MR) is 78.1 cm³/mol. The molecule has 0 aliphatic rings. The summed E-state index contributed by atoms with van der Waals surface area (Å²) >= 11 is 0. The molecule has 2 N–H and O–H groups in total. The average Bonchev–Trinajstić information content (AvgIpc) is 2.40. The molecule has 0 heterocycles. The van der Waals surface area contributed by atoms with Crippen LogP contribution in [0.5, 0.6) is 0 Å². The van der Waals surface area contributed by atoms with Crippen molar-refractivity contribution in [1.29, 1.82) is 0 Å². The van der Waals surface area contributed by atoms with Gasteiger partial charge in [-0.1, -0.05) is 24.3 Å². The Hall–Kier alpha value is -1.87. The summed E-state index contributed by atoms with van der Waals surface area (Å²) in [6.07, 6.45) is 0. The summed E-state index contributed by atoms with van der Waals surface area (Å²) < 4.78 is 14.0. The first-order valence-corrected chi connectivity index (χ1v) is 6.51. The zero-order valence-electron chi connectivity index (χ0n) is 11.3. The smallest absolute Gasteiger partial charge is 0.130 e. The van der Waals surface area contributed by atoms with Crippen LogP contribution >= 0.6 is 0 Å². The first-order valence-electron chi connectivity index (χ1n) is 6.51. The topological polar surface area (TPSA) is 29.3 Å². The first kappa shape index (κ1) is 13.6. The van der Waals surface area contributed by atoms with Crippen molar-refractivity contribution in [3.63, 3.8) is 0 Å². The van der Waals surface area contributed by atoms with Gasteiger partial charge in [0.05, 0.1) is 0 Å². The minimum atomic E-state index is -0.339. The molecule has 3 heteroatoms. The third-order valence-electron chi connectivity index (χ3n) is 3.16. The van der Waals surface area contributed by atoms with Gasteiger partial charge in [0, 0.05) is 29.5 Å². The lowest BCUT2D eigenvalue weighted by Crippen LogP contribution is -2.20. The molecule has 0 bridgehead atoms. The number of benzene rings is 2. The Morgan fingerprint density at radius 3 is 2.37 bits per heavy atom. The van der Waals surface area contributed by atoms with Gasteiger partial charge in [0.2, 0.25) is 0 Å². The fraction of sp³-hybridized carbons (Fsp3) is 0.250. The molecule has 2 aromatic rings. The van der Waals surface area contributed by atoms with E-state index in [1.165, 1.54) is 6.07 Å². The molecule has 100 valence electrons. The lowest BCUT2D eigenvalue weighted by molar-refractivity contribution is 0.593. The number of anilines is 2. The summed E-state index contributed by atoms with van der Waals surface area (Å²) in [4.78, 5) is 2.07. The Kier molecular flexibility index (Phi) is 4.17. The van der Waals surface area contributed by atoms with Gasteiger partial charge in [-0.25, -0.2) is 4.39 Å². The summed E-state index contributed by atoms with van der Waals surface area (Å²) in [6, 6.07) is 14.7. The summed E-state index contributed by atoms with van der Waals surface area (Å²) in [5.41, 5.74) is 8.36. The Morgan fingerprint density at radius 2 is 1.79 bits per heavy atom. The molecule has 0 radical (unpaired) electrons. The highest BCUT2D eigenvalue weighted by atomic mass is 19.1. The van der Waals surface area contributed by atoms with Crippen molar-refractivity contribution in [2.75, 3.05) is 11.4 Å². The zero-order valence-corrected chi connectivity index (χ0v) is 11.3. The number of nitrogens with zero attached hydrogens (tertiary/aromatic N) is 1. The normalized spacial score (nSPS) is 12.2. The van der Waals surface area contributed by atoms with Crippen LogP contribution in [-0.4, -0.2) is 6.54 Å². The summed E-state index contributed by atoms with van der Waals surface area (Å²) in [7, 11) is 0. The van der Waals surface area contributed by atoms with Crippen molar-refractivity contribution in [2.24, 2.45) is 5.73 Å². The van der Waals surface area contributed by atoms with Gasteiger partial charge in [-0.3, -0.25) is 0 Å². The van der Waals surface area contributed by atoms with Gasteiger partial charge in [0.15, 0.2) is 0 Å². The molecule has 2 rings (SSSR count). The standard InChI is InChI=1S/C16H19FN2/c1-3-19(13-8-5-4-6-9-13)15-11-7-10-14(17)16(15)12(2)18/h4-12H,3,18H2,1-2H3/t12-/m1/s1. The van der Waals surface area contributed by atoms with E-state index in [1.807, 2.05) is 43.3 Å². The van der Waals surface area contributed by atoms with Crippen LogP contribution in [0.4, 0.5) is 15.8 Å². The van der Waals surface area contributed by atoms with Crippen LogP contribution in [0.25, 0.3) is 0 Å². The summed E-state index contributed by atoms with van der Waals surface area (Å²) in [5.74, 6) is -0.248. The molecule has 0 amide bonds. The molecule has 19 heavy (non-hydrogen) atoms. The minimum Gasteiger partial charge on any atom is -0.341 e. The molecule has 2 nitrogen and oxygen atoms in total. The second-order valence-corrected chi connectivity index (χ2v) is 4.54. The highest BCUT2D eigenvalue weighted by molar-refractivity contribution is 5.67. The monoisotopic (exact) mass is 258 g/mol. The fourth-order valence-corrected chi connectivity index (χ4v) is 2.31. The van der Waals surface area contributed by atoms with Crippen molar-refractivity contribution >= 4 is 11.4 Å². The second-order valence-electron chi connectivity index (χ2n) is 4.54. The van der Waals surface area contributed by atoms with E-state index in [0.29, 0.717) is 5.56 Å². The number of rotatable bonds is 4. The van der Waals surface area contributed by atoms with Crippen LogP contribution in [0.1, 0.15) is 25.5 Å². The number of hydrogen-bond donors (Lipinski definition) is 1. The Morgan fingerprint density at radius 1 is 1.11 bits per heavy atom. The third kappa shape index (κ3) is 2.76. The molecule has 0 fully saturated rings. The van der Waals surface area contributed by atoms with E-state index in [-0.39, 0.29) is 11.9 Å². The van der Waals surface area contributed by atoms with E-state index in [9.17, 15) is 4.39 Å². The first-order chi connectivity index (χ1) is 9.15. The van der Waals surface area contributed by atoms with Crippen LogP contribution in [0.2, 0.25) is 0 Å². The van der Waals surface area contributed by atoms with Gasteiger partial charge < -0.3 is 10.6 Å². The van der Waals surface area contributed by atoms with Gasteiger partial charge >= 0.3 is 0 Å². The van der Waals surface area contributed by atoms with E-state index in [2.05, 4.69) is 4.90 Å². The summed E-state index contributed by atoms with van der Waals surface area (Å²) in [6.45, 7) is 4.61. The van der Waals surface area contributed by atoms with Crippen molar-refractivity contribution in [2.45, 2.75) is 19.9 Å². The molecular formula is C16H19FN2. The predicted octanol–water partition coefficient (Wildman–Crippen LogP) is 4.00. The summed E-state index contributed by atoms with van der Waals surface area (Å²) in [5, 5.41) is 0. The molecule has 1 atom stereocenters. The number of hydrogen-bond acceptors (Lipinski definition) is 2. The van der Waals surface area contributed by atoms with Gasteiger partial charge in [-0.15, -0.1) is 0 Å². The lowest BCUT2D eigenvalue weighted by atomic mass is 10.0. The van der Waals surface area contributed by atoms with Gasteiger partial charge in [-0.2, -0.15) is 0 Å². The quantitative estimate of drug-likeness (QED) is 0.898. The van der Waals surface area contributed by atoms with Crippen molar-refractivity contribution < 1.29 is 4.39 Å². The largest absolute Gasteiger partial charge is 0.341 e. The Balaban J connectivity index is 2.53. The highest BCUT2D eigenvalue weighted by Gasteiger charge is 2.17. The zero-order chi connectivity index (χ0) is 13.8. The van der Waals surface area contributed by atoms with Crippen LogP contribution < -0.4 is 10.6 Å². The fourth-order valence-electron chi connectivity index (χ4n) is 2.31. The molecule has 0 aliphatic carbocycles. The van der Waals surface area contributed by atoms with E-state index < -0.39 is 0 Å². The molecule has 0 aromatic heterocycles. The second kappa shape index (κ2) is 5.85. The van der Waals surface area contributed by atoms with E-state index in [4.69, 9.17) is 5.73 Å². The lowest BCUT2D eigenvalue weighted by Gasteiger charge is -2.27. The molecule has 2 aromatic carbocycles. The van der Waals surface area contributed by atoms with Crippen LogP contribution in [-0.2, 0) is 0 Å². The number of halogens is 1. The number of nitrogens with two attached hydrogens (primary N) is 1. The molecular weight excluding hydrogens is 239 g/mol. The van der Waals surface area contributed by atoms with Gasteiger partial charge in [0.25, 0.3) is 0 Å². The minimum absolute atomic E-state index is 0.248. The van der Waals surface area contributed by atoms with Crippen molar-refractivity contribution in [1.82, 2.24) is 0 Å². The van der Waals surface area contributed by atoms with Gasteiger partial charge in [-0.05, 0) is 38.1 Å². The van der Waals surface area contributed by atoms with Crippen LogP contribution in [0, 0.1) is 5.82 Å². The van der Waals surface area contributed by atoms with E-state index in [1.54, 1.807) is 13.0 Å². The van der Waals surface area contributed by atoms with E-state index in [0.717, 1.165) is 17.9 Å². The Labute approximate surface area is 113 Å². The molecule has 0 spiro atoms. The SMILES string of the molecule is CCN(c1ccccc1)c1cccc(F)c1[C@@H](C)N. The van der Waals surface area contributed by atoms with E-state index >= 15 is 0 Å². The Bertz CT molecular complexity index is 538. The van der Waals surface area contributed by atoms with Gasteiger partial charge in [0.1, 0.15) is 5.82 Å². The average molecular weight is 258 g/mol. The molecule has 0 aliphatic heterocycles. The maximum atomic E-state index is 14.0. The molecule has 0 saturated heterocycles. The number of para-hydroxylation sites is 1. The van der Waals surface area contributed by atoms with Crippen molar-refractivity contribution in [3.05, 3.63) is 59.9 Å². The van der Waals surface area contributed by atoms with Crippen LogP contribution in [0.15, 0.2) is 48.5 Å². The molecule has 0 unspecified atom stereocenters.